The SMILES string of the molecule is Cc1ccc(OCc2ccc(C(C)(C)C)cc2)c(CBr)n1. The molecule has 0 saturated carbocycles. The zero-order chi connectivity index (χ0) is 15.5. The van der Waals surface area contributed by atoms with Crippen molar-refractivity contribution < 1.29 is 4.74 Å². The predicted molar refractivity (Wildman–Crippen MR) is 91.1 cm³/mol. The van der Waals surface area contributed by atoms with E-state index < -0.39 is 0 Å². The molecular formula is C18H22BrNO. The van der Waals surface area contributed by atoms with Crippen LogP contribution in [0, 0.1) is 6.92 Å². The highest BCUT2D eigenvalue weighted by atomic mass is 79.9. The van der Waals surface area contributed by atoms with Crippen LogP contribution < -0.4 is 4.74 Å². The van der Waals surface area contributed by atoms with E-state index in [0.29, 0.717) is 11.9 Å². The highest BCUT2D eigenvalue weighted by Crippen LogP contribution is 2.24. The molecule has 2 rings (SSSR count). The Labute approximate surface area is 135 Å². The number of nitrogens with zero attached hydrogens (tertiary/aromatic N) is 1. The third-order valence-electron chi connectivity index (χ3n) is 3.41. The van der Waals surface area contributed by atoms with Crippen molar-refractivity contribution in [2.45, 2.75) is 45.0 Å². The fourth-order valence-electron chi connectivity index (χ4n) is 2.09. The molecule has 0 spiro atoms. The third-order valence-corrected chi connectivity index (χ3v) is 3.94. The van der Waals surface area contributed by atoms with Crippen LogP contribution in [0.1, 0.15) is 43.3 Å². The van der Waals surface area contributed by atoms with E-state index in [2.05, 4.69) is 66.0 Å². The molecule has 0 aliphatic carbocycles. The zero-order valence-electron chi connectivity index (χ0n) is 13.1. The monoisotopic (exact) mass is 347 g/mol. The minimum absolute atomic E-state index is 0.184. The molecule has 0 amide bonds. The van der Waals surface area contributed by atoms with Gasteiger partial charge in [0.05, 0.1) is 5.69 Å². The van der Waals surface area contributed by atoms with E-state index in [4.69, 9.17) is 4.74 Å². The molecule has 0 unspecified atom stereocenters. The number of alkyl halides is 1. The van der Waals surface area contributed by atoms with Gasteiger partial charge in [0.1, 0.15) is 12.4 Å². The van der Waals surface area contributed by atoms with Gasteiger partial charge in [-0.2, -0.15) is 0 Å². The van der Waals surface area contributed by atoms with E-state index in [1.165, 1.54) is 11.1 Å². The Hall–Kier alpha value is -1.35. The van der Waals surface area contributed by atoms with E-state index in [9.17, 15) is 0 Å². The van der Waals surface area contributed by atoms with E-state index in [0.717, 1.165) is 17.1 Å². The van der Waals surface area contributed by atoms with Gasteiger partial charge in [-0.3, -0.25) is 4.98 Å². The lowest BCUT2D eigenvalue weighted by atomic mass is 9.87. The van der Waals surface area contributed by atoms with Crippen molar-refractivity contribution in [2.24, 2.45) is 0 Å². The Morgan fingerprint density at radius 3 is 2.29 bits per heavy atom. The van der Waals surface area contributed by atoms with E-state index >= 15 is 0 Å². The highest BCUT2D eigenvalue weighted by molar-refractivity contribution is 9.08. The first-order valence-electron chi connectivity index (χ1n) is 7.15. The first-order valence-corrected chi connectivity index (χ1v) is 8.27. The van der Waals surface area contributed by atoms with Gasteiger partial charge in [-0.25, -0.2) is 0 Å². The molecule has 1 aromatic carbocycles. The third kappa shape index (κ3) is 4.31. The number of aryl methyl sites for hydroxylation is 1. The molecule has 0 aliphatic heterocycles. The molecule has 2 nitrogen and oxygen atoms in total. The van der Waals surface area contributed by atoms with E-state index in [1.54, 1.807) is 0 Å². The van der Waals surface area contributed by atoms with Gasteiger partial charge < -0.3 is 4.74 Å². The van der Waals surface area contributed by atoms with Crippen LogP contribution in [0.15, 0.2) is 36.4 Å². The van der Waals surface area contributed by atoms with Gasteiger partial charge in [0.15, 0.2) is 0 Å². The second-order valence-electron chi connectivity index (χ2n) is 6.27. The molecule has 21 heavy (non-hydrogen) atoms. The van der Waals surface area contributed by atoms with Crippen LogP contribution in [-0.2, 0) is 17.4 Å². The number of pyridine rings is 1. The predicted octanol–water partition coefficient (Wildman–Crippen LogP) is 5.16. The Bertz CT molecular complexity index is 600. The number of rotatable bonds is 4. The molecule has 0 aliphatic rings. The Morgan fingerprint density at radius 2 is 1.71 bits per heavy atom. The quantitative estimate of drug-likeness (QED) is 0.712. The average Bonchev–Trinajstić information content (AvgIpc) is 2.45. The topological polar surface area (TPSA) is 22.1 Å². The van der Waals surface area contributed by atoms with Crippen molar-refractivity contribution in [3.63, 3.8) is 0 Å². The summed E-state index contributed by atoms with van der Waals surface area (Å²) >= 11 is 3.46. The molecule has 3 heteroatoms. The van der Waals surface area contributed by atoms with Crippen LogP contribution in [0.25, 0.3) is 0 Å². The van der Waals surface area contributed by atoms with Crippen LogP contribution in [0.5, 0.6) is 5.75 Å². The summed E-state index contributed by atoms with van der Waals surface area (Å²) in [5.74, 6) is 0.845. The fraction of sp³-hybridized carbons (Fsp3) is 0.389. The first kappa shape index (κ1) is 16.0. The van der Waals surface area contributed by atoms with Crippen molar-refractivity contribution >= 4 is 15.9 Å². The molecule has 0 bridgehead atoms. The van der Waals surface area contributed by atoms with E-state index in [-0.39, 0.29) is 5.41 Å². The molecule has 0 fully saturated rings. The van der Waals surface area contributed by atoms with E-state index in [1.807, 2.05) is 19.1 Å². The summed E-state index contributed by atoms with van der Waals surface area (Å²) in [5, 5.41) is 0.701. The normalized spacial score (nSPS) is 11.5. The smallest absolute Gasteiger partial charge is 0.142 e. The largest absolute Gasteiger partial charge is 0.487 e. The van der Waals surface area contributed by atoms with Gasteiger partial charge in [0, 0.05) is 11.0 Å². The summed E-state index contributed by atoms with van der Waals surface area (Å²) in [6.07, 6.45) is 0. The molecule has 0 atom stereocenters. The van der Waals surface area contributed by atoms with Gasteiger partial charge in [0.25, 0.3) is 0 Å². The highest BCUT2D eigenvalue weighted by Gasteiger charge is 2.13. The fourth-order valence-corrected chi connectivity index (χ4v) is 2.49. The summed E-state index contributed by atoms with van der Waals surface area (Å²) in [6.45, 7) is 9.21. The van der Waals surface area contributed by atoms with Crippen LogP contribution in [0.3, 0.4) is 0 Å². The molecule has 2 aromatic rings. The standard InChI is InChI=1S/C18H22BrNO/c1-13-5-10-17(16(11-19)20-13)21-12-14-6-8-15(9-7-14)18(2,3)4/h5-10H,11-12H2,1-4H3. The summed E-state index contributed by atoms with van der Waals surface area (Å²) in [6, 6.07) is 12.6. The van der Waals surface area contributed by atoms with Gasteiger partial charge >= 0.3 is 0 Å². The number of hydrogen-bond acceptors (Lipinski definition) is 2. The molecule has 1 aromatic heterocycles. The summed E-state index contributed by atoms with van der Waals surface area (Å²) in [5.41, 5.74) is 4.64. The second-order valence-corrected chi connectivity index (χ2v) is 6.83. The summed E-state index contributed by atoms with van der Waals surface area (Å²) in [7, 11) is 0. The molecule has 0 N–H and O–H groups in total. The summed E-state index contributed by atoms with van der Waals surface area (Å²) < 4.78 is 5.90. The lowest BCUT2D eigenvalue weighted by molar-refractivity contribution is 0.302. The van der Waals surface area contributed by atoms with Crippen LogP contribution in [0.2, 0.25) is 0 Å². The maximum atomic E-state index is 5.90. The molecule has 1 heterocycles. The molecule has 112 valence electrons. The number of aromatic nitrogens is 1. The van der Waals surface area contributed by atoms with Gasteiger partial charge in [0.2, 0.25) is 0 Å². The molecule has 0 saturated heterocycles. The van der Waals surface area contributed by atoms with Crippen LogP contribution >= 0.6 is 15.9 Å². The molecular weight excluding hydrogens is 326 g/mol. The van der Waals surface area contributed by atoms with Crippen molar-refractivity contribution in [1.82, 2.24) is 4.98 Å². The van der Waals surface area contributed by atoms with Crippen molar-refractivity contribution in [2.75, 3.05) is 0 Å². The van der Waals surface area contributed by atoms with Gasteiger partial charge in [-0.05, 0) is 35.6 Å². The summed E-state index contributed by atoms with van der Waals surface area (Å²) in [4.78, 5) is 4.48. The number of hydrogen-bond donors (Lipinski definition) is 0. The maximum Gasteiger partial charge on any atom is 0.142 e. The zero-order valence-corrected chi connectivity index (χ0v) is 14.7. The lowest BCUT2D eigenvalue weighted by Crippen LogP contribution is -2.10. The minimum atomic E-state index is 0.184. The molecule has 0 radical (unpaired) electrons. The minimum Gasteiger partial charge on any atom is -0.487 e. The average molecular weight is 348 g/mol. The maximum absolute atomic E-state index is 5.90. The van der Waals surface area contributed by atoms with Gasteiger partial charge in [-0.1, -0.05) is 61.0 Å². The van der Waals surface area contributed by atoms with Crippen LogP contribution in [0.4, 0.5) is 0 Å². The Kier molecular flexibility index (Phi) is 5.04. The van der Waals surface area contributed by atoms with Crippen LogP contribution in [-0.4, -0.2) is 4.98 Å². The van der Waals surface area contributed by atoms with Crippen molar-refractivity contribution in [3.05, 3.63) is 58.9 Å². The number of halogens is 1. The van der Waals surface area contributed by atoms with Crippen molar-refractivity contribution in [1.29, 1.82) is 0 Å². The number of benzene rings is 1. The lowest BCUT2D eigenvalue weighted by Gasteiger charge is -2.19. The Balaban J connectivity index is 2.07. The second kappa shape index (κ2) is 6.61. The van der Waals surface area contributed by atoms with Gasteiger partial charge in [-0.15, -0.1) is 0 Å². The number of ether oxygens (including phenoxy) is 1. The first-order chi connectivity index (χ1) is 9.90. The van der Waals surface area contributed by atoms with Crippen molar-refractivity contribution in [3.8, 4) is 5.75 Å². The Morgan fingerprint density at radius 1 is 1.05 bits per heavy atom.